The van der Waals surface area contributed by atoms with Crippen LogP contribution in [-0.2, 0) is 10.0 Å². The van der Waals surface area contributed by atoms with E-state index in [1.807, 2.05) is 0 Å². The van der Waals surface area contributed by atoms with Gasteiger partial charge in [0.05, 0.1) is 6.10 Å². The molecule has 112 valence electrons. The van der Waals surface area contributed by atoms with Crippen molar-refractivity contribution >= 4 is 15.7 Å². The van der Waals surface area contributed by atoms with Gasteiger partial charge in [0, 0.05) is 5.69 Å². The minimum absolute atomic E-state index is 0.0314. The molecule has 1 aromatic rings. The van der Waals surface area contributed by atoms with Crippen LogP contribution in [0.25, 0.3) is 0 Å². The molecule has 0 bridgehead atoms. The van der Waals surface area contributed by atoms with Crippen LogP contribution >= 0.6 is 0 Å². The fourth-order valence-electron chi connectivity index (χ4n) is 2.74. The zero-order valence-corrected chi connectivity index (χ0v) is 12.5. The Morgan fingerprint density at radius 2 is 2.10 bits per heavy atom. The van der Waals surface area contributed by atoms with Gasteiger partial charge in [0.25, 0.3) is 0 Å². The first kappa shape index (κ1) is 15.1. The summed E-state index contributed by atoms with van der Waals surface area (Å²) in [5.41, 5.74) is 5.98. The molecule has 1 saturated carbocycles. The summed E-state index contributed by atoms with van der Waals surface area (Å²) < 4.78 is 29.1. The molecule has 2 atom stereocenters. The lowest BCUT2D eigenvalue weighted by molar-refractivity contribution is 0.119. The second-order valence-corrected chi connectivity index (χ2v) is 6.96. The Hall–Kier alpha value is -1.27. The number of hydrogen-bond donors (Lipinski definition) is 2. The lowest BCUT2D eigenvalue weighted by atomic mass is 9.85. The third-order valence-corrected chi connectivity index (χ3v) is 4.81. The van der Waals surface area contributed by atoms with Crippen LogP contribution in [-0.4, -0.2) is 14.5 Å². The van der Waals surface area contributed by atoms with Gasteiger partial charge in [0.1, 0.15) is 10.6 Å². The van der Waals surface area contributed by atoms with E-state index < -0.39 is 10.0 Å². The van der Waals surface area contributed by atoms with Gasteiger partial charge in [0.15, 0.2) is 0 Å². The predicted molar refractivity (Wildman–Crippen MR) is 78.9 cm³/mol. The molecule has 0 radical (unpaired) electrons. The molecular weight excluding hydrogens is 276 g/mol. The quantitative estimate of drug-likeness (QED) is 0.833. The van der Waals surface area contributed by atoms with E-state index in [9.17, 15) is 8.42 Å². The number of benzene rings is 1. The van der Waals surface area contributed by atoms with E-state index in [2.05, 4.69) is 6.92 Å². The number of sulfonamides is 1. The van der Waals surface area contributed by atoms with Crippen molar-refractivity contribution in [2.45, 2.75) is 50.0 Å². The molecule has 2 rings (SSSR count). The Labute approximate surface area is 120 Å². The summed E-state index contributed by atoms with van der Waals surface area (Å²) in [5, 5.41) is 5.22. The number of hydrogen-bond acceptors (Lipinski definition) is 4. The maximum absolute atomic E-state index is 11.6. The minimum atomic E-state index is -3.83. The van der Waals surface area contributed by atoms with Gasteiger partial charge < -0.3 is 10.5 Å². The molecule has 0 aromatic heterocycles. The molecule has 1 aliphatic carbocycles. The van der Waals surface area contributed by atoms with Crippen molar-refractivity contribution in [1.82, 2.24) is 0 Å². The van der Waals surface area contributed by atoms with Crippen LogP contribution in [0.3, 0.4) is 0 Å². The molecule has 1 aliphatic rings. The van der Waals surface area contributed by atoms with E-state index in [-0.39, 0.29) is 11.0 Å². The van der Waals surface area contributed by atoms with E-state index in [4.69, 9.17) is 15.6 Å². The fourth-order valence-corrected chi connectivity index (χ4v) is 3.44. The van der Waals surface area contributed by atoms with Crippen molar-refractivity contribution in [3.63, 3.8) is 0 Å². The average molecular weight is 298 g/mol. The van der Waals surface area contributed by atoms with Gasteiger partial charge in [-0.25, -0.2) is 13.6 Å². The van der Waals surface area contributed by atoms with Gasteiger partial charge in [-0.1, -0.05) is 19.8 Å². The van der Waals surface area contributed by atoms with Gasteiger partial charge >= 0.3 is 0 Å². The lowest BCUT2D eigenvalue weighted by Crippen LogP contribution is -2.26. The van der Waals surface area contributed by atoms with Crippen molar-refractivity contribution in [2.24, 2.45) is 11.1 Å². The Morgan fingerprint density at radius 3 is 2.75 bits per heavy atom. The average Bonchev–Trinajstić information content (AvgIpc) is 2.40. The van der Waals surface area contributed by atoms with Crippen molar-refractivity contribution in [2.75, 3.05) is 5.73 Å². The number of nitrogens with two attached hydrogens (primary N) is 2. The van der Waals surface area contributed by atoms with Gasteiger partial charge in [-0.15, -0.1) is 0 Å². The Balaban J connectivity index is 2.21. The number of primary sulfonamides is 1. The minimum Gasteiger partial charge on any atom is -0.489 e. The molecule has 20 heavy (non-hydrogen) atoms. The normalized spacial score (nSPS) is 23.5. The SMILES string of the molecule is CCC1CCCC(Oc2ccc(N)cc2S(N)(=O)=O)C1. The highest BCUT2D eigenvalue weighted by atomic mass is 32.2. The standard InChI is InChI=1S/C14H22N2O3S/c1-2-10-4-3-5-12(8-10)19-13-7-6-11(15)9-14(13)20(16,17)18/h6-7,9-10,12H,2-5,8,15H2,1H3,(H2,16,17,18). The maximum atomic E-state index is 11.6. The molecule has 6 heteroatoms. The number of ether oxygens (including phenoxy) is 1. The van der Waals surface area contributed by atoms with Crippen molar-refractivity contribution in [3.05, 3.63) is 18.2 Å². The van der Waals surface area contributed by atoms with Crippen LogP contribution < -0.4 is 15.6 Å². The summed E-state index contributed by atoms with van der Waals surface area (Å²) in [5.74, 6) is 0.962. The van der Waals surface area contributed by atoms with Gasteiger partial charge in [-0.3, -0.25) is 0 Å². The highest BCUT2D eigenvalue weighted by Gasteiger charge is 2.24. The molecule has 5 nitrogen and oxygen atoms in total. The van der Waals surface area contributed by atoms with E-state index in [1.165, 1.54) is 12.5 Å². The van der Waals surface area contributed by atoms with Crippen LogP contribution in [0.5, 0.6) is 5.75 Å². The van der Waals surface area contributed by atoms with Crippen molar-refractivity contribution in [1.29, 1.82) is 0 Å². The third-order valence-electron chi connectivity index (χ3n) is 3.88. The second kappa shape index (κ2) is 6.01. The highest BCUT2D eigenvalue weighted by molar-refractivity contribution is 7.89. The van der Waals surface area contributed by atoms with Crippen molar-refractivity contribution < 1.29 is 13.2 Å². The second-order valence-electron chi connectivity index (χ2n) is 5.43. The van der Waals surface area contributed by atoms with Gasteiger partial charge in [0.2, 0.25) is 10.0 Å². The third kappa shape index (κ3) is 3.64. The van der Waals surface area contributed by atoms with E-state index in [1.54, 1.807) is 12.1 Å². The summed E-state index contributed by atoms with van der Waals surface area (Å²) in [6, 6.07) is 4.57. The smallest absolute Gasteiger partial charge is 0.241 e. The van der Waals surface area contributed by atoms with Gasteiger partial charge in [-0.2, -0.15) is 0 Å². The first-order valence-corrected chi connectivity index (χ1v) is 8.53. The topological polar surface area (TPSA) is 95.4 Å². The Kier molecular flexibility index (Phi) is 4.55. The zero-order chi connectivity index (χ0) is 14.8. The molecule has 0 amide bonds. The Morgan fingerprint density at radius 1 is 1.35 bits per heavy atom. The fraction of sp³-hybridized carbons (Fsp3) is 0.571. The summed E-state index contributed by atoms with van der Waals surface area (Å²) in [6.07, 6.45) is 5.43. The zero-order valence-electron chi connectivity index (χ0n) is 11.7. The molecular formula is C14H22N2O3S. The summed E-state index contributed by atoms with van der Waals surface area (Å²) in [6.45, 7) is 2.17. The molecule has 0 saturated heterocycles. The largest absolute Gasteiger partial charge is 0.489 e. The summed E-state index contributed by atoms with van der Waals surface area (Å²) >= 11 is 0. The van der Waals surface area contributed by atoms with Crippen LogP contribution in [0.4, 0.5) is 5.69 Å². The number of rotatable bonds is 4. The molecule has 2 unspecified atom stereocenters. The van der Waals surface area contributed by atoms with Crippen molar-refractivity contribution in [3.8, 4) is 5.75 Å². The first-order chi connectivity index (χ1) is 9.40. The van der Waals surface area contributed by atoms with Crippen LogP contribution in [0.1, 0.15) is 39.0 Å². The monoisotopic (exact) mass is 298 g/mol. The molecule has 4 N–H and O–H groups in total. The lowest BCUT2D eigenvalue weighted by Gasteiger charge is -2.29. The highest BCUT2D eigenvalue weighted by Crippen LogP contribution is 2.32. The first-order valence-electron chi connectivity index (χ1n) is 6.99. The Bertz CT molecular complexity index is 572. The maximum Gasteiger partial charge on any atom is 0.241 e. The molecule has 0 heterocycles. The van der Waals surface area contributed by atoms with E-state index in [0.717, 1.165) is 25.7 Å². The van der Waals surface area contributed by atoms with Gasteiger partial charge in [-0.05, 0) is 43.4 Å². The molecule has 1 aromatic carbocycles. The van der Waals surface area contributed by atoms with E-state index >= 15 is 0 Å². The molecule has 0 spiro atoms. The van der Waals surface area contributed by atoms with Crippen LogP contribution in [0.2, 0.25) is 0 Å². The predicted octanol–water partition coefficient (Wildman–Crippen LogP) is 2.26. The number of nitrogen functional groups attached to an aromatic ring is 1. The molecule has 0 aliphatic heterocycles. The van der Waals surface area contributed by atoms with Crippen LogP contribution in [0.15, 0.2) is 23.1 Å². The summed E-state index contributed by atoms with van der Waals surface area (Å²) in [4.78, 5) is -0.0314. The number of anilines is 1. The molecule has 1 fully saturated rings. The van der Waals surface area contributed by atoms with E-state index in [0.29, 0.717) is 17.4 Å². The van der Waals surface area contributed by atoms with Crippen LogP contribution in [0, 0.1) is 5.92 Å². The summed E-state index contributed by atoms with van der Waals surface area (Å²) in [7, 11) is -3.83.